The molecule has 1 aliphatic heterocycles. The SMILES string of the molecule is CC(Oc1ccc(F)cc1O)C1SC(=O)NC1=O. The fraction of sp³-hybridized carbons (Fsp3) is 0.273. The Morgan fingerprint density at radius 2 is 2.22 bits per heavy atom. The zero-order valence-electron chi connectivity index (χ0n) is 9.34. The highest BCUT2D eigenvalue weighted by Gasteiger charge is 2.37. The van der Waals surface area contributed by atoms with Gasteiger partial charge in [-0.1, -0.05) is 0 Å². The average Bonchev–Trinajstić information content (AvgIpc) is 2.62. The van der Waals surface area contributed by atoms with Crippen LogP contribution in [0.4, 0.5) is 9.18 Å². The van der Waals surface area contributed by atoms with Crippen molar-refractivity contribution < 1.29 is 23.8 Å². The molecule has 2 N–H and O–H groups in total. The predicted octanol–water partition coefficient (Wildman–Crippen LogP) is 1.65. The topological polar surface area (TPSA) is 75.6 Å². The summed E-state index contributed by atoms with van der Waals surface area (Å²) < 4.78 is 18.1. The number of hydrogen-bond donors (Lipinski definition) is 2. The van der Waals surface area contributed by atoms with E-state index in [1.807, 2.05) is 0 Å². The highest BCUT2D eigenvalue weighted by atomic mass is 32.2. The number of thioether (sulfide) groups is 1. The lowest BCUT2D eigenvalue weighted by atomic mass is 10.2. The van der Waals surface area contributed by atoms with E-state index in [-0.39, 0.29) is 11.5 Å². The average molecular weight is 271 g/mol. The summed E-state index contributed by atoms with van der Waals surface area (Å²) >= 11 is 0.830. The number of rotatable bonds is 3. The lowest BCUT2D eigenvalue weighted by Crippen LogP contribution is -2.34. The zero-order valence-corrected chi connectivity index (χ0v) is 10.2. The number of benzene rings is 1. The monoisotopic (exact) mass is 271 g/mol. The molecule has 0 aliphatic carbocycles. The van der Waals surface area contributed by atoms with Crippen molar-refractivity contribution in [3.63, 3.8) is 0 Å². The summed E-state index contributed by atoms with van der Waals surface area (Å²) in [7, 11) is 0. The summed E-state index contributed by atoms with van der Waals surface area (Å²) in [5.74, 6) is -1.30. The van der Waals surface area contributed by atoms with Crippen LogP contribution in [0.25, 0.3) is 0 Å². The maximum absolute atomic E-state index is 12.8. The molecule has 1 heterocycles. The van der Waals surface area contributed by atoms with Crippen LogP contribution in [0.2, 0.25) is 0 Å². The van der Waals surface area contributed by atoms with Crippen molar-refractivity contribution in [1.82, 2.24) is 5.32 Å². The van der Waals surface area contributed by atoms with Gasteiger partial charge in [0, 0.05) is 6.07 Å². The van der Waals surface area contributed by atoms with Gasteiger partial charge in [0.2, 0.25) is 5.91 Å². The summed E-state index contributed by atoms with van der Waals surface area (Å²) in [5, 5.41) is 10.5. The fourth-order valence-electron chi connectivity index (χ4n) is 1.53. The molecule has 0 saturated carbocycles. The van der Waals surface area contributed by atoms with Gasteiger partial charge in [-0.2, -0.15) is 0 Å². The van der Waals surface area contributed by atoms with Crippen LogP contribution in [0.1, 0.15) is 6.92 Å². The van der Waals surface area contributed by atoms with Gasteiger partial charge in [0.1, 0.15) is 17.2 Å². The number of carbonyl (C=O) groups is 2. The van der Waals surface area contributed by atoms with Crippen LogP contribution >= 0.6 is 11.8 Å². The first-order chi connectivity index (χ1) is 8.47. The summed E-state index contributed by atoms with van der Waals surface area (Å²) in [5.41, 5.74) is 0. The molecule has 0 radical (unpaired) electrons. The fourth-order valence-corrected chi connectivity index (χ4v) is 2.33. The van der Waals surface area contributed by atoms with Crippen molar-refractivity contribution in [2.24, 2.45) is 0 Å². The normalized spacial score (nSPS) is 20.7. The van der Waals surface area contributed by atoms with Gasteiger partial charge >= 0.3 is 0 Å². The highest BCUT2D eigenvalue weighted by Crippen LogP contribution is 2.30. The Labute approximate surface area is 106 Å². The minimum absolute atomic E-state index is 0.0663. The molecule has 0 aromatic heterocycles. The van der Waals surface area contributed by atoms with E-state index in [1.165, 1.54) is 6.07 Å². The molecule has 2 unspecified atom stereocenters. The molecular formula is C11H10FNO4S. The van der Waals surface area contributed by atoms with E-state index in [9.17, 15) is 19.1 Å². The smallest absolute Gasteiger partial charge is 0.286 e. The van der Waals surface area contributed by atoms with E-state index in [4.69, 9.17) is 4.74 Å². The van der Waals surface area contributed by atoms with Gasteiger partial charge in [0.25, 0.3) is 5.24 Å². The zero-order chi connectivity index (χ0) is 13.3. The van der Waals surface area contributed by atoms with Crippen LogP contribution in [-0.2, 0) is 4.79 Å². The molecule has 5 nitrogen and oxygen atoms in total. The second kappa shape index (κ2) is 4.85. The quantitative estimate of drug-likeness (QED) is 0.874. The van der Waals surface area contributed by atoms with Crippen molar-refractivity contribution >= 4 is 22.9 Å². The Morgan fingerprint density at radius 1 is 1.50 bits per heavy atom. The van der Waals surface area contributed by atoms with Crippen molar-refractivity contribution in [2.45, 2.75) is 18.3 Å². The largest absolute Gasteiger partial charge is 0.504 e. The minimum Gasteiger partial charge on any atom is -0.504 e. The van der Waals surface area contributed by atoms with Gasteiger partial charge in [0.05, 0.1) is 0 Å². The van der Waals surface area contributed by atoms with Gasteiger partial charge in [-0.05, 0) is 30.8 Å². The summed E-state index contributed by atoms with van der Waals surface area (Å²) in [6.07, 6.45) is -0.627. The third-order valence-corrected chi connectivity index (χ3v) is 3.55. The maximum atomic E-state index is 12.8. The van der Waals surface area contributed by atoms with Crippen molar-refractivity contribution in [3.05, 3.63) is 24.0 Å². The van der Waals surface area contributed by atoms with Gasteiger partial charge < -0.3 is 9.84 Å². The number of halogens is 1. The first-order valence-corrected chi connectivity index (χ1v) is 6.02. The molecule has 1 aromatic carbocycles. The molecule has 2 rings (SSSR count). The second-order valence-electron chi connectivity index (χ2n) is 3.75. The first-order valence-electron chi connectivity index (χ1n) is 5.14. The number of nitrogens with one attached hydrogen (secondary N) is 1. The molecule has 1 saturated heterocycles. The van der Waals surface area contributed by atoms with E-state index in [2.05, 4.69) is 5.32 Å². The lowest BCUT2D eigenvalue weighted by molar-refractivity contribution is -0.120. The van der Waals surface area contributed by atoms with Crippen LogP contribution in [0.3, 0.4) is 0 Å². The molecule has 0 bridgehead atoms. The van der Waals surface area contributed by atoms with Gasteiger partial charge in [0.15, 0.2) is 11.5 Å². The van der Waals surface area contributed by atoms with Crippen LogP contribution in [0.15, 0.2) is 18.2 Å². The number of phenols is 1. The third-order valence-electron chi connectivity index (χ3n) is 2.38. The van der Waals surface area contributed by atoms with Crippen molar-refractivity contribution in [3.8, 4) is 11.5 Å². The number of carbonyl (C=O) groups excluding carboxylic acids is 2. The van der Waals surface area contributed by atoms with Crippen LogP contribution < -0.4 is 10.1 Å². The lowest BCUT2D eigenvalue weighted by Gasteiger charge is -2.18. The number of hydrogen-bond acceptors (Lipinski definition) is 5. The van der Waals surface area contributed by atoms with Crippen LogP contribution in [-0.4, -0.2) is 27.6 Å². The standard InChI is InChI=1S/C11H10FNO4S/c1-5(9-10(15)13-11(16)18-9)17-8-3-2-6(12)4-7(8)14/h2-5,9,14H,1H3,(H,13,15,16). The molecule has 7 heteroatoms. The molecule has 2 amide bonds. The molecule has 1 fully saturated rings. The van der Waals surface area contributed by atoms with E-state index in [0.29, 0.717) is 0 Å². The molecule has 2 atom stereocenters. The van der Waals surface area contributed by atoms with Crippen LogP contribution in [0, 0.1) is 5.82 Å². The second-order valence-corrected chi connectivity index (χ2v) is 4.86. The molecule has 1 aliphatic rings. The molecule has 96 valence electrons. The highest BCUT2D eigenvalue weighted by molar-refractivity contribution is 8.15. The van der Waals surface area contributed by atoms with Gasteiger partial charge in [-0.25, -0.2) is 4.39 Å². The Morgan fingerprint density at radius 3 is 2.78 bits per heavy atom. The Kier molecular flexibility index (Phi) is 3.42. The number of phenolic OH excluding ortho intramolecular Hbond substituents is 1. The van der Waals surface area contributed by atoms with E-state index >= 15 is 0 Å². The maximum Gasteiger partial charge on any atom is 0.286 e. The minimum atomic E-state index is -0.679. The summed E-state index contributed by atoms with van der Waals surface area (Å²) in [4.78, 5) is 22.4. The number of aromatic hydroxyl groups is 1. The van der Waals surface area contributed by atoms with Gasteiger partial charge in [-0.3, -0.25) is 14.9 Å². The van der Waals surface area contributed by atoms with E-state index < -0.39 is 28.3 Å². The van der Waals surface area contributed by atoms with Crippen LogP contribution in [0.5, 0.6) is 11.5 Å². The van der Waals surface area contributed by atoms with Crippen molar-refractivity contribution in [1.29, 1.82) is 0 Å². The third kappa shape index (κ3) is 2.56. The number of amides is 2. The molecule has 18 heavy (non-hydrogen) atoms. The molecular weight excluding hydrogens is 261 g/mol. The number of ether oxygens (including phenoxy) is 1. The first kappa shape index (κ1) is 12.7. The van der Waals surface area contributed by atoms with Gasteiger partial charge in [-0.15, -0.1) is 0 Å². The van der Waals surface area contributed by atoms with Crippen molar-refractivity contribution in [2.75, 3.05) is 0 Å². The van der Waals surface area contributed by atoms with E-state index in [1.54, 1.807) is 6.92 Å². The summed E-state index contributed by atoms with van der Waals surface area (Å²) in [6, 6.07) is 3.31. The Balaban J connectivity index is 2.09. The molecule has 0 spiro atoms. The number of imide groups is 1. The summed E-state index contributed by atoms with van der Waals surface area (Å²) in [6.45, 7) is 1.60. The Bertz CT molecular complexity index is 508. The van der Waals surface area contributed by atoms with E-state index in [0.717, 1.165) is 23.9 Å². The molecule has 1 aromatic rings. The predicted molar refractivity (Wildman–Crippen MR) is 63.1 cm³/mol. The Hall–Kier alpha value is -1.76.